The average Bonchev–Trinajstić information content (AvgIpc) is 3.14. The largest absolute Gasteiger partial charge is 0.493 e. The molecule has 3 amide bonds. The van der Waals surface area contributed by atoms with Crippen LogP contribution in [0.3, 0.4) is 0 Å². The molecule has 3 aromatic carbocycles. The first-order valence-corrected chi connectivity index (χ1v) is 11.1. The minimum atomic E-state index is -0.720. The standard InChI is InChI=1S/C27H22FN3O5/c1-30-15-26(32)31(27(30)33)18-8-9-23(20(28)12-18)36-22-10-11-29-21-14-25(24(34-2)13-19(21)22)35-16-17-6-4-3-5-7-17/h3-14H,15-16H2,1-2H3. The number of hydrogen-bond acceptors (Lipinski definition) is 6. The van der Waals surface area contributed by atoms with Crippen LogP contribution >= 0.6 is 0 Å². The quantitative estimate of drug-likeness (QED) is 0.335. The van der Waals surface area contributed by atoms with Crippen molar-refractivity contribution in [1.29, 1.82) is 0 Å². The van der Waals surface area contributed by atoms with Crippen molar-refractivity contribution in [2.24, 2.45) is 0 Å². The summed E-state index contributed by atoms with van der Waals surface area (Å²) in [5, 5.41) is 0.594. The Morgan fingerprint density at radius 3 is 2.44 bits per heavy atom. The summed E-state index contributed by atoms with van der Waals surface area (Å²) in [5.41, 5.74) is 1.72. The van der Waals surface area contributed by atoms with Crippen molar-refractivity contribution in [3.05, 3.63) is 84.3 Å². The smallest absolute Gasteiger partial charge is 0.331 e. The Hall–Kier alpha value is -4.66. The Balaban J connectivity index is 1.42. The average molecular weight is 487 g/mol. The van der Waals surface area contributed by atoms with Gasteiger partial charge < -0.3 is 19.1 Å². The van der Waals surface area contributed by atoms with Crippen LogP contribution in [0.25, 0.3) is 10.9 Å². The summed E-state index contributed by atoms with van der Waals surface area (Å²) in [6.07, 6.45) is 1.55. The third-order valence-electron chi connectivity index (χ3n) is 5.76. The third kappa shape index (κ3) is 4.38. The molecule has 1 fully saturated rings. The second kappa shape index (κ2) is 9.53. The lowest BCUT2D eigenvalue weighted by atomic mass is 10.1. The molecule has 1 aromatic heterocycles. The number of anilines is 1. The molecule has 0 aliphatic carbocycles. The number of ether oxygens (including phenoxy) is 3. The van der Waals surface area contributed by atoms with E-state index in [1.165, 1.54) is 31.2 Å². The second-order valence-electron chi connectivity index (χ2n) is 8.19. The van der Waals surface area contributed by atoms with Crippen LogP contribution in [0.15, 0.2) is 72.9 Å². The SMILES string of the molecule is COc1cc2c(Oc3ccc(N4C(=O)CN(C)C4=O)cc3F)ccnc2cc1OCc1ccccc1. The van der Waals surface area contributed by atoms with Crippen molar-refractivity contribution in [3.8, 4) is 23.0 Å². The van der Waals surface area contributed by atoms with Gasteiger partial charge in [-0.2, -0.15) is 0 Å². The fourth-order valence-electron chi connectivity index (χ4n) is 3.93. The molecule has 1 aliphatic rings. The maximum Gasteiger partial charge on any atom is 0.331 e. The summed E-state index contributed by atoms with van der Waals surface area (Å²) in [7, 11) is 3.04. The van der Waals surface area contributed by atoms with Crippen LogP contribution in [0, 0.1) is 5.82 Å². The molecule has 4 aromatic rings. The highest BCUT2D eigenvalue weighted by atomic mass is 19.1. The van der Waals surface area contributed by atoms with E-state index in [-0.39, 0.29) is 18.0 Å². The van der Waals surface area contributed by atoms with Crippen molar-refractivity contribution >= 4 is 28.5 Å². The molecule has 182 valence electrons. The molecule has 0 radical (unpaired) electrons. The van der Waals surface area contributed by atoms with Crippen molar-refractivity contribution in [2.75, 3.05) is 25.6 Å². The van der Waals surface area contributed by atoms with Gasteiger partial charge in [-0.15, -0.1) is 0 Å². The van der Waals surface area contributed by atoms with E-state index in [1.54, 1.807) is 24.4 Å². The molecular weight excluding hydrogens is 465 g/mol. The van der Waals surface area contributed by atoms with Crippen LogP contribution in [0.2, 0.25) is 0 Å². The van der Waals surface area contributed by atoms with Gasteiger partial charge in [0.25, 0.3) is 5.91 Å². The molecule has 8 nitrogen and oxygen atoms in total. The molecular formula is C27H22FN3O5. The van der Waals surface area contributed by atoms with Crippen molar-refractivity contribution in [1.82, 2.24) is 9.88 Å². The van der Waals surface area contributed by atoms with E-state index >= 15 is 0 Å². The fourth-order valence-corrected chi connectivity index (χ4v) is 3.93. The number of carbonyl (C=O) groups is 2. The van der Waals surface area contributed by atoms with E-state index < -0.39 is 17.8 Å². The molecule has 0 unspecified atom stereocenters. The van der Waals surface area contributed by atoms with Crippen LogP contribution in [-0.2, 0) is 11.4 Å². The number of carbonyl (C=O) groups excluding carboxylic acids is 2. The molecule has 0 bridgehead atoms. The zero-order chi connectivity index (χ0) is 25.2. The van der Waals surface area contributed by atoms with Crippen LogP contribution < -0.4 is 19.1 Å². The Morgan fingerprint density at radius 2 is 1.75 bits per heavy atom. The maximum atomic E-state index is 15.0. The van der Waals surface area contributed by atoms with Gasteiger partial charge in [0.15, 0.2) is 23.1 Å². The van der Waals surface area contributed by atoms with E-state index in [2.05, 4.69) is 4.98 Å². The molecule has 0 atom stereocenters. The topological polar surface area (TPSA) is 81.2 Å². The zero-order valence-electron chi connectivity index (χ0n) is 19.6. The van der Waals surface area contributed by atoms with Gasteiger partial charge in [0, 0.05) is 30.8 Å². The number of nitrogens with zero attached hydrogens (tertiary/aromatic N) is 3. The minimum absolute atomic E-state index is 0.0550. The number of imide groups is 1. The summed E-state index contributed by atoms with van der Waals surface area (Å²) in [5.74, 6) is 0.131. The Bertz CT molecular complexity index is 1460. The minimum Gasteiger partial charge on any atom is -0.493 e. The summed E-state index contributed by atoms with van der Waals surface area (Å²) in [6, 6.07) is 18.3. The summed E-state index contributed by atoms with van der Waals surface area (Å²) in [6.45, 7) is 0.300. The van der Waals surface area contributed by atoms with Gasteiger partial charge in [0.05, 0.1) is 18.3 Å². The van der Waals surface area contributed by atoms with Gasteiger partial charge in [0.1, 0.15) is 18.9 Å². The summed E-state index contributed by atoms with van der Waals surface area (Å²) >= 11 is 0. The predicted molar refractivity (Wildman–Crippen MR) is 131 cm³/mol. The molecule has 2 heterocycles. The van der Waals surface area contributed by atoms with Gasteiger partial charge in [-0.1, -0.05) is 30.3 Å². The number of amides is 3. The highest BCUT2D eigenvalue weighted by Gasteiger charge is 2.35. The molecule has 36 heavy (non-hydrogen) atoms. The van der Waals surface area contributed by atoms with Crippen LogP contribution in [0.5, 0.6) is 23.0 Å². The number of fused-ring (bicyclic) bond motifs is 1. The number of halogens is 1. The van der Waals surface area contributed by atoms with Gasteiger partial charge in [-0.25, -0.2) is 14.1 Å². The first-order chi connectivity index (χ1) is 17.4. The highest BCUT2D eigenvalue weighted by Crippen LogP contribution is 2.38. The van der Waals surface area contributed by atoms with Gasteiger partial charge in [-0.05, 0) is 29.8 Å². The van der Waals surface area contributed by atoms with Gasteiger partial charge in [0.2, 0.25) is 0 Å². The number of hydrogen-bond donors (Lipinski definition) is 0. The fraction of sp³-hybridized carbons (Fsp3) is 0.148. The normalized spacial score (nSPS) is 13.4. The van der Waals surface area contributed by atoms with E-state index in [4.69, 9.17) is 14.2 Å². The lowest BCUT2D eigenvalue weighted by molar-refractivity contribution is -0.116. The van der Waals surface area contributed by atoms with Crippen LogP contribution in [0.1, 0.15) is 5.56 Å². The van der Waals surface area contributed by atoms with Crippen molar-refractivity contribution in [2.45, 2.75) is 6.61 Å². The molecule has 0 N–H and O–H groups in total. The Morgan fingerprint density at radius 1 is 0.944 bits per heavy atom. The lowest BCUT2D eigenvalue weighted by Gasteiger charge is -2.16. The van der Waals surface area contributed by atoms with E-state index in [0.29, 0.717) is 34.8 Å². The van der Waals surface area contributed by atoms with Crippen molar-refractivity contribution in [3.63, 3.8) is 0 Å². The van der Waals surface area contributed by atoms with Crippen LogP contribution in [0.4, 0.5) is 14.9 Å². The van der Waals surface area contributed by atoms with Crippen LogP contribution in [-0.4, -0.2) is 42.5 Å². The number of urea groups is 1. The van der Waals surface area contributed by atoms with Gasteiger partial charge >= 0.3 is 6.03 Å². The van der Waals surface area contributed by atoms with E-state index in [0.717, 1.165) is 16.5 Å². The zero-order valence-corrected chi connectivity index (χ0v) is 19.6. The molecule has 5 rings (SSSR count). The number of likely N-dealkylation sites (N-methyl/N-ethyl adjacent to an activating group) is 1. The number of benzene rings is 3. The molecule has 1 aliphatic heterocycles. The summed E-state index contributed by atoms with van der Waals surface area (Å²) in [4.78, 5) is 30.9. The number of rotatable bonds is 7. The Labute approximate surface area is 206 Å². The van der Waals surface area contributed by atoms with E-state index in [1.807, 2.05) is 30.3 Å². The summed E-state index contributed by atoms with van der Waals surface area (Å²) < 4.78 is 32.3. The predicted octanol–water partition coefficient (Wildman–Crippen LogP) is 5.15. The number of aromatic nitrogens is 1. The maximum absolute atomic E-state index is 15.0. The lowest BCUT2D eigenvalue weighted by Crippen LogP contribution is -2.31. The molecule has 0 spiro atoms. The monoisotopic (exact) mass is 487 g/mol. The first kappa shape index (κ1) is 23.1. The molecule has 1 saturated heterocycles. The number of pyridine rings is 1. The third-order valence-corrected chi connectivity index (χ3v) is 5.76. The van der Waals surface area contributed by atoms with E-state index in [9.17, 15) is 14.0 Å². The molecule has 0 saturated carbocycles. The second-order valence-corrected chi connectivity index (χ2v) is 8.19. The number of methoxy groups -OCH3 is 1. The highest BCUT2D eigenvalue weighted by molar-refractivity contribution is 6.19. The Kier molecular flexibility index (Phi) is 6.12. The van der Waals surface area contributed by atoms with Crippen molar-refractivity contribution < 1.29 is 28.2 Å². The first-order valence-electron chi connectivity index (χ1n) is 11.1. The molecule has 9 heteroatoms. The van der Waals surface area contributed by atoms with Gasteiger partial charge in [-0.3, -0.25) is 9.78 Å².